The summed E-state index contributed by atoms with van der Waals surface area (Å²) >= 11 is 0. The molecular formula is C20H17N7O2. The number of para-hydroxylation sites is 1. The number of nitrogen functional groups attached to an aromatic ring is 1. The molecule has 0 atom stereocenters. The van der Waals surface area contributed by atoms with Gasteiger partial charge in [-0.25, -0.2) is 9.97 Å². The normalized spacial score (nSPS) is 10.5. The molecule has 9 heteroatoms. The van der Waals surface area contributed by atoms with E-state index in [4.69, 9.17) is 10.5 Å². The highest BCUT2D eigenvalue weighted by Gasteiger charge is 2.14. The number of ether oxygens (including phenoxy) is 1. The number of fused-ring (bicyclic) bond motifs is 1. The Morgan fingerprint density at radius 1 is 1.03 bits per heavy atom. The highest BCUT2D eigenvalue weighted by atomic mass is 16.5. The number of carbonyl (C=O) groups is 1. The molecule has 3 heterocycles. The summed E-state index contributed by atoms with van der Waals surface area (Å²) in [6, 6.07) is 14.5. The molecule has 29 heavy (non-hydrogen) atoms. The zero-order chi connectivity index (χ0) is 20.2. The molecule has 9 nitrogen and oxygen atoms in total. The predicted molar refractivity (Wildman–Crippen MR) is 108 cm³/mol. The highest BCUT2D eigenvalue weighted by Crippen LogP contribution is 2.32. The summed E-state index contributed by atoms with van der Waals surface area (Å²) in [5.74, 6) is 0.425. The van der Waals surface area contributed by atoms with Gasteiger partial charge in [-0.15, -0.1) is 0 Å². The molecule has 0 aliphatic heterocycles. The second kappa shape index (κ2) is 7.77. The average molecular weight is 387 g/mol. The van der Waals surface area contributed by atoms with Crippen LogP contribution in [0.4, 0.5) is 11.5 Å². The lowest BCUT2D eigenvalue weighted by molar-refractivity contribution is 0.0957. The number of nitrogens with one attached hydrogen (secondary N) is 2. The van der Waals surface area contributed by atoms with Crippen LogP contribution in [-0.2, 0) is 0 Å². The van der Waals surface area contributed by atoms with E-state index in [1.165, 1.54) is 12.5 Å². The number of hydrazine groups is 1. The molecule has 1 amide bonds. The minimum absolute atomic E-state index is 0.137. The molecule has 1 aromatic carbocycles. The number of anilines is 2. The lowest BCUT2D eigenvalue weighted by Gasteiger charge is -2.13. The van der Waals surface area contributed by atoms with Gasteiger partial charge in [0.05, 0.1) is 0 Å². The van der Waals surface area contributed by atoms with Crippen molar-refractivity contribution < 1.29 is 9.53 Å². The minimum atomic E-state index is -0.431. The number of benzene rings is 1. The van der Waals surface area contributed by atoms with Gasteiger partial charge in [-0.05, 0) is 31.2 Å². The number of amides is 1. The fraction of sp³-hybridized carbons (Fsp3) is 0.0500. The van der Waals surface area contributed by atoms with Gasteiger partial charge in [-0.1, -0.05) is 24.3 Å². The second-order valence-electron chi connectivity index (χ2n) is 6.12. The van der Waals surface area contributed by atoms with Crippen LogP contribution in [0.3, 0.4) is 0 Å². The Kier molecular flexibility index (Phi) is 4.85. The molecule has 4 aromatic rings. The van der Waals surface area contributed by atoms with E-state index in [9.17, 15) is 4.79 Å². The van der Waals surface area contributed by atoms with Gasteiger partial charge in [0.15, 0.2) is 11.6 Å². The third-order valence-electron chi connectivity index (χ3n) is 4.07. The summed E-state index contributed by atoms with van der Waals surface area (Å²) in [5, 5.41) is 0.932. The number of nitrogens with two attached hydrogens (primary N) is 1. The van der Waals surface area contributed by atoms with Crippen molar-refractivity contribution in [3.8, 4) is 11.6 Å². The maximum atomic E-state index is 12.1. The first-order chi connectivity index (χ1) is 14.1. The zero-order valence-electron chi connectivity index (χ0n) is 15.5. The van der Waals surface area contributed by atoms with Gasteiger partial charge in [-0.2, -0.15) is 4.98 Å². The largest absolute Gasteiger partial charge is 0.435 e. The van der Waals surface area contributed by atoms with Gasteiger partial charge in [0.25, 0.3) is 5.91 Å². The Hall–Kier alpha value is -4.27. The lowest BCUT2D eigenvalue weighted by Crippen LogP contribution is -2.30. The van der Waals surface area contributed by atoms with Crippen molar-refractivity contribution in [2.45, 2.75) is 6.92 Å². The Morgan fingerprint density at radius 2 is 1.93 bits per heavy atom. The third-order valence-corrected chi connectivity index (χ3v) is 4.07. The van der Waals surface area contributed by atoms with E-state index in [-0.39, 0.29) is 23.1 Å². The van der Waals surface area contributed by atoms with E-state index in [0.717, 1.165) is 11.1 Å². The van der Waals surface area contributed by atoms with Crippen LogP contribution >= 0.6 is 0 Å². The Labute approximate surface area is 166 Å². The molecule has 4 N–H and O–H groups in total. The molecule has 0 fully saturated rings. The molecule has 4 rings (SSSR count). The Balaban J connectivity index is 1.56. The molecule has 0 saturated carbocycles. The standard InChI is InChI=1S/C20H17N7O2/c1-12-8-9-13-5-4-7-15(17(13)25-12)29-20-16(21)18(23-11-24-20)26-27-19(28)14-6-2-3-10-22-14/h2-11H,21H2,1H3,(H,27,28)(H,23,24,26). The van der Waals surface area contributed by atoms with E-state index in [2.05, 4.69) is 30.8 Å². The van der Waals surface area contributed by atoms with Gasteiger partial charge in [0, 0.05) is 17.3 Å². The molecule has 144 valence electrons. The number of hydrogen-bond acceptors (Lipinski definition) is 8. The maximum Gasteiger partial charge on any atom is 0.288 e. The molecular weight excluding hydrogens is 370 g/mol. The Morgan fingerprint density at radius 3 is 2.76 bits per heavy atom. The van der Waals surface area contributed by atoms with Gasteiger partial charge in [0.2, 0.25) is 5.88 Å². The van der Waals surface area contributed by atoms with Gasteiger partial charge < -0.3 is 10.5 Å². The van der Waals surface area contributed by atoms with Crippen LogP contribution in [-0.4, -0.2) is 25.8 Å². The topological polar surface area (TPSA) is 128 Å². The minimum Gasteiger partial charge on any atom is -0.435 e. The maximum absolute atomic E-state index is 12.1. The molecule has 0 unspecified atom stereocenters. The monoisotopic (exact) mass is 387 g/mol. The number of nitrogens with zero attached hydrogens (tertiary/aromatic N) is 4. The molecule has 0 aliphatic rings. The number of pyridine rings is 2. The summed E-state index contributed by atoms with van der Waals surface area (Å²) in [5.41, 5.74) is 13.2. The SMILES string of the molecule is Cc1ccc2cccc(Oc3ncnc(NNC(=O)c4ccccn4)c3N)c2n1. The molecule has 0 radical (unpaired) electrons. The van der Waals surface area contributed by atoms with Gasteiger partial charge >= 0.3 is 0 Å². The van der Waals surface area contributed by atoms with Crippen molar-refractivity contribution in [3.05, 3.63) is 72.4 Å². The highest BCUT2D eigenvalue weighted by molar-refractivity contribution is 5.93. The summed E-state index contributed by atoms with van der Waals surface area (Å²) < 4.78 is 5.91. The first-order valence-electron chi connectivity index (χ1n) is 8.74. The average Bonchev–Trinajstić information content (AvgIpc) is 2.75. The van der Waals surface area contributed by atoms with Gasteiger partial charge in [-0.3, -0.25) is 20.6 Å². The van der Waals surface area contributed by atoms with Crippen LogP contribution in [0.2, 0.25) is 0 Å². The summed E-state index contributed by atoms with van der Waals surface area (Å²) in [6.07, 6.45) is 2.81. The number of rotatable bonds is 5. The lowest BCUT2D eigenvalue weighted by atomic mass is 10.2. The Bertz CT molecular complexity index is 1180. The second-order valence-corrected chi connectivity index (χ2v) is 6.12. The van der Waals surface area contributed by atoms with Crippen LogP contribution in [0.25, 0.3) is 10.9 Å². The van der Waals surface area contributed by atoms with Crippen molar-refractivity contribution >= 4 is 28.3 Å². The van der Waals surface area contributed by atoms with E-state index in [1.54, 1.807) is 24.3 Å². The first-order valence-corrected chi connectivity index (χ1v) is 8.74. The third kappa shape index (κ3) is 3.88. The van der Waals surface area contributed by atoms with Crippen LogP contribution in [0, 0.1) is 6.92 Å². The molecule has 0 spiro atoms. The van der Waals surface area contributed by atoms with Crippen molar-refractivity contribution in [2.24, 2.45) is 0 Å². The number of aryl methyl sites for hydroxylation is 1. The smallest absolute Gasteiger partial charge is 0.288 e. The predicted octanol–water partition coefficient (Wildman–Crippen LogP) is 2.86. The van der Waals surface area contributed by atoms with E-state index in [0.29, 0.717) is 11.3 Å². The van der Waals surface area contributed by atoms with Crippen molar-refractivity contribution in [2.75, 3.05) is 11.2 Å². The zero-order valence-corrected chi connectivity index (χ0v) is 15.5. The molecule has 0 bridgehead atoms. The summed E-state index contributed by atoms with van der Waals surface area (Å²) in [7, 11) is 0. The van der Waals surface area contributed by atoms with Crippen molar-refractivity contribution in [1.82, 2.24) is 25.4 Å². The fourth-order valence-electron chi connectivity index (χ4n) is 2.64. The molecule has 0 saturated heterocycles. The van der Waals surface area contributed by atoms with Crippen molar-refractivity contribution in [3.63, 3.8) is 0 Å². The van der Waals surface area contributed by atoms with E-state index < -0.39 is 5.91 Å². The summed E-state index contributed by atoms with van der Waals surface area (Å²) in [6.45, 7) is 1.90. The van der Waals surface area contributed by atoms with Crippen LogP contribution in [0.5, 0.6) is 11.6 Å². The summed E-state index contributed by atoms with van der Waals surface area (Å²) in [4.78, 5) is 28.8. The molecule has 0 aliphatic carbocycles. The fourth-order valence-corrected chi connectivity index (χ4v) is 2.64. The number of aromatic nitrogens is 4. The van der Waals surface area contributed by atoms with E-state index in [1.807, 2.05) is 31.2 Å². The van der Waals surface area contributed by atoms with E-state index >= 15 is 0 Å². The number of carbonyl (C=O) groups excluding carboxylic acids is 1. The van der Waals surface area contributed by atoms with Crippen LogP contribution in [0.15, 0.2) is 61.1 Å². The van der Waals surface area contributed by atoms with Gasteiger partial charge in [0.1, 0.15) is 23.2 Å². The van der Waals surface area contributed by atoms with Crippen LogP contribution < -0.4 is 21.3 Å². The van der Waals surface area contributed by atoms with Crippen molar-refractivity contribution in [1.29, 1.82) is 0 Å². The number of hydrogen-bond donors (Lipinski definition) is 3. The molecule has 3 aromatic heterocycles. The first kappa shape index (κ1) is 18.1. The quantitative estimate of drug-likeness (QED) is 0.446. The van der Waals surface area contributed by atoms with Crippen LogP contribution in [0.1, 0.15) is 16.2 Å².